The van der Waals surface area contributed by atoms with E-state index in [1.54, 1.807) is 10.9 Å². The molecule has 8 heteroatoms. The first-order valence-corrected chi connectivity index (χ1v) is 9.34. The van der Waals surface area contributed by atoms with Gasteiger partial charge in [-0.05, 0) is 42.1 Å². The molecule has 0 bridgehead atoms. The molecule has 4 heterocycles. The maximum atomic E-state index is 6.25. The van der Waals surface area contributed by atoms with Crippen LogP contribution in [0.4, 0.5) is 0 Å². The molecule has 5 aromatic rings. The van der Waals surface area contributed by atoms with E-state index >= 15 is 0 Å². The highest BCUT2D eigenvalue weighted by molar-refractivity contribution is 7.99. The molecule has 0 unspecified atom stereocenters. The lowest BCUT2D eigenvalue weighted by molar-refractivity contribution is 0.768. The quantitative estimate of drug-likeness (QED) is 0.459. The molecule has 0 aliphatic rings. The van der Waals surface area contributed by atoms with Crippen LogP contribution in [0.3, 0.4) is 0 Å². The van der Waals surface area contributed by atoms with E-state index in [-0.39, 0.29) is 0 Å². The Labute approximate surface area is 163 Å². The fourth-order valence-electron chi connectivity index (χ4n) is 2.89. The molecule has 0 aliphatic heterocycles. The fraction of sp³-hybridized carbons (Fsp3) is 0.0526. The smallest absolute Gasteiger partial charge is 0.200 e. The maximum absolute atomic E-state index is 6.25. The average molecular weight is 392 g/mol. The highest BCUT2D eigenvalue weighted by Gasteiger charge is 2.11. The van der Waals surface area contributed by atoms with Crippen molar-refractivity contribution in [3.8, 4) is 11.1 Å². The van der Waals surface area contributed by atoms with Crippen molar-refractivity contribution in [3.05, 3.63) is 66.2 Å². The van der Waals surface area contributed by atoms with Crippen LogP contribution in [0.1, 0.15) is 0 Å². The Bertz CT molecular complexity index is 1290. The maximum Gasteiger partial charge on any atom is 0.200 e. The van der Waals surface area contributed by atoms with Crippen LogP contribution < -0.4 is 0 Å². The molecular weight excluding hydrogens is 380 g/mol. The second-order valence-corrected chi connectivity index (χ2v) is 7.45. The molecule has 0 saturated heterocycles. The van der Waals surface area contributed by atoms with Crippen LogP contribution in [0.15, 0.2) is 65.2 Å². The molecule has 131 valence electrons. The van der Waals surface area contributed by atoms with Crippen molar-refractivity contribution in [1.82, 2.24) is 29.4 Å². The predicted octanol–water partition coefficient (Wildman–Crippen LogP) is 4.28. The van der Waals surface area contributed by atoms with Crippen LogP contribution in [0.5, 0.6) is 0 Å². The Balaban J connectivity index is 1.56. The van der Waals surface area contributed by atoms with Crippen LogP contribution in [0.2, 0.25) is 5.02 Å². The molecule has 27 heavy (non-hydrogen) atoms. The lowest BCUT2D eigenvalue weighted by Crippen LogP contribution is -1.89. The monoisotopic (exact) mass is 391 g/mol. The molecule has 1 radical (unpaired) electrons. The Hall–Kier alpha value is -2.90. The van der Waals surface area contributed by atoms with E-state index in [9.17, 15) is 0 Å². The van der Waals surface area contributed by atoms with E-state index in [4.69, 9.17) is 11.6 Å². The molecule has 0 spiro atoms. The number of fused-ring (bicyclic) bond motifs is 2. The summed E-state index contributed by atoms with van der Waals surface area (Å²) in [5, 5.41) is 15.0. The van der Waals surface area contributed by atoms with Gasteiger partial charge in [-0.2, -0.15) is 5.10 Å². The lowest BCUT2D eigenvalue weighted by atomic mass is 10.2. The summed E-state index contributed by atoms with van der Waals surface area (Å²) in [5.41, 5.74) is 3.73. The lowest BCUT2D eigenvalue weighted by Gasteiger charge is -2.04. The number of aryl methyl sites for hydroxylation is 1. The van der Waals surface area contributed by atoms with Crippen LogP contribution in [0, 0.1) is 6.07 Å². The summed E-state index contributed by atoms with van der Waals surface area (Å²) in [6.45, 7) is 0. The molecule has 1 aromatic carbocycles. The van der Waals surface area contributed by atoms with Gasteiger partial charge in [-0.3, -0.25) is 14.1 Å². The minimum absolute atomic E-state index is 0.562. The second-order valence-electron chi connectivity index (χ2n) is 6.03. The summed E-state index contributed by atoms with van der Waals surface area (Å²) in [5.74, 6) is 0. The molecule has 0 amide bonds. The number of hydrogen-bond donors (Lipinski definition) is 0. The van der Waals surface area contributed by atoms with Gasteiger partial charge < -0.3 is 0 Å². The Kier molecular flexibility index (Phi) is 3.84. The number of pyridine rings is 2. The van der Waals surface area contributed by atoms with E-state index in [1.807, 2.05) is 60.4 Å². The Morgan fingerprint density at radius 3 is 2.85 bits per heavy atom. The second kappa shape index (κ2) is 6.37. The van der Waals surface area contributed by atoms with Gasteiger partial charge in [-0.25, -0.2) is 0 Å². The first-order valence-electron chi connectivity index (χ1n) is 8.15. The third-order valence-corrected chi connectivity index (χ3v) is 5.48. The van der Waals surface area contributed by atoms with Crippen molar-refractivity contribution in [3.63, 3.8) is 0 Å². The highest BCUT2D eigenvalue weighted by Crippen LogP contribution is 2.31. The zero-order valence-corrected chi connectivity index (χ0v) is 15.7. The van der Waals surface area contributed by atoms with Crippen LogP contribution in [-0.4, -0.2) is 29.4 Å². The fourth-order valence-corrected chi connectivity index (χ4v) is 3.94. The van der Waals surface area contributed by atoms with Crippen molar-refractivity contribution in [2.75, 3.05) is 0 Å². The molecule has 0 aliphatic carbocycles. The Morgan fingerprint density at radius 2 is 2.00 bits per heavy atom. The van der Waals surface area contributed by atoms with Gasteiger partial charge >= 0.3 is 0 Å². The van der Waals surface area contributed by atoms with Gasteiger partial charge in [0, 0.05) is 53.1 Å². The molecule has 6 nitrogen and oxygen atoms in total. The summed E-state index contributed by atoms with van der Waals surface area (Å²) < 4.78 is 3.76. The zero-order valence-electron chi connectivity index (χ0n) is 14.2. The number of halogens is 1. The topological polar surface area (TPSA) is 60.9 Å². The molecular formula is C19H12ClN6S. The van der Waals surface area contributed by atoms with Gasteiger partial charge in [-0.15, -0.1) is 10.2 Å². The van der Waals surface area contributed by atoms with Crippen LogP contribution in [0.25, 0.3) is 27.7 Å². The molecule has 4 aromatic heterocycles. The number of nitrogens with zero attached hydrogens (tertiary/aromatic N) is 6. The van der Waals surface area contributed by atoms with Gasteiger partial charge in [0.2, 0.25) is 0 Å². The molecule has 0 saturated carbocycles. The van der Waals surface area contributed by atoms with Gasteiger partial charge in [-0.1, -0.05) is 11.6 Å². The van der Waals surface area contributed by atoms with Gasteiger partial charge in [0.25, 0.3) is 0 Å². The van der Waals surface area contributed by atoms with E-state index < -0.39 is 0 Å². The van der Waals surface area contributed by atoms with E-state index in [0.717, 1.165) is 37.7 Å². The summed E-state index contributed by atoms with van der Waals surface area (Å²) in [4.78, 5) is 5.29. The van der Waals surface area contributed by atoms with E-state index in [2.05, 4.69) is 26.3 Å². The normalized spacial score (nSPS) is 11.5. The third kappa shape index (κ3) is 2.94. The number of aromatic nitrogens is 6. The van der Waals surface area contributed by atoms with Gasteiger partial charge in [0.05, 0.1) is 16.7 Å². The van der Waals surface area contributed by atoms with Crippen molar-refractivity contribution in [1.29, 1.82) is 0 Å². The molecule has 0 N–H and O–H groups in total. The molecule has 0 atom stereocenters. The predicted molar refractivity (Wildman–Crippen MR) is 105 cm³/mol. The summed E-state index contributed by atoms with van der Waals surface area (Å²) >= 11 is 7.78. The first-order chi connectivity index (χ1) is 13.2. The van der Waals surface area contributed by atoms with Gasteiger partial charge in [0.1, 0.15) is 0 Å². The van der Waals surface area contributed by atoms with Gasteiger partial charge in [0.15, 0.2) is 10.8 Å². The number of hydrogen-bond acceptors (Lipinski definition) is 5. The average Bonchev–Trinajstić information content (AvgIpc) is 3.28. The third-order valence-electron chi connectivity index (χ3n) is 4.22. The summed E-state index contributed by atoms with van der Waals surface area (Å²) in [6.07, 6.45) is 7.43. The van der Waals surface area contributed by atoms with Crippen molar-refractivity contribution in [2.24, 2.45) is 7.05 Å². The zero-order chi connectivity index (χ0) is 18.4. The van der Waals surface area contributed by atoms with Crippen molar-refractivity contribution in [2.45, 2.75) is 10.1 Å². The number of rotatable bonds is 3. The Morgan fingerprint density at radius 1 is 1.07 bits per heavy atom. The minimum Gasteiger partial charge on any atom is -0.277 e. The van der Waals surface area contributed by atoms with E-state index in [0.29, 0.717) is 5.02 Å². The van der Waals surface area contributed by atoms with Crippen molar-refractivity contribution >= 4 is 39.9 Å². The van der Waals surface area contributed by atoms with Crippen LogP contribution >= 0.6 is 23.4 Å². The summed E-state index contributed by atoms with van der Waals surface area (Å²) in [6, 6.07) is 12.8. The first kappa shape index (κ1) is 16.3. The number of benzene rings is 1. The molecule has 5 rings (SSSR count). The minimum atomic E-state index is 0.562. The SMILES string of the molecule is Cn1cc(-c2ccc3nnc(Sc4ccc5nc[c]c(Cl)c5c4)n3c2)cn1. The van der Waals surface area contributed by atoms with Crippen LogP contribution in [-0.2, 0) is 7.05 Å². The van der Waals surface area contributed by atoms with Crippen molar-refractivity contribution < 1.29 is 0 Å². The molecule has 0 fully saturated rings. The largest absolute Gasteiger partial charge is 0.277 e. The standard InChI is InChI=1S/C19H12ClN6S/c1-25-10-13(9-22-25)12-2-5-18-23-24-19(26(18)11-12)27-14-3-4-17-15(8-14)16(20)6-7-21-17/h2-5,7-11H,1H3. The highest BCUT2D eigenvalue weighted by atomic mass is 35.5. The van der Waals surface area contributed by atoms with E-state index in [1.165, 1.54) is 11.8 Å². The summed E-state index contributed by atoms with van der Waals surface area (Å²) in [7, 11) is 1.90.